The Labute approximate surface area is 100 Å². The van der Waals surface area contributed by atoms with Crippen molar-refractivity contribution in [3.05, 3.63) is 28.8 Å². The monoisotopic (exact) mass is 235 g/mol. The maximum Gasteiger partial charge on any atom is 0.101 e. The van der Waals surface area contributed by atoms with Crippen LogP contribution < -0.4 is 11.1 Å². The van der Waals surface area contributed by atoms with E-state index in [4.69, 9.17) is 22.6 Å². The van der Waals surface area contributed by atoms with Gasteiger partial charge in [0.15, 0.2) is 0 Å². The Balaban J connectivity index is 2.08. The summed E-state index contributed by atoms with van der Waals surface area (Å²) in [6, 6.07) is 7.33. The molecule has 0 aromatic heterocycles. The highest BCUT2D eigenvalue weighted by Crippen LogP contribution is 2.30. The molecule has 16 heavy (non-hydrogen) atoms. The molecule has 1 saturated carbocycles. The smallest absolute Gasteiger partial charge is 0.101 e. The molecule has 0 aliphatic heterocycles. The summed E-state index contributed by atoms with van der Waals surface area (Å²) < 4.78 is 0. The molecule has 0 bridgehead atoms. The third-order valence-corrected chi connectivity index (χ3v) is 3.32. The first-order chi connectivity index (χ1) is 7.63. The summed E-state index contributed by atoms with van der Waals surface area (Å²) in [6.07, 6.45) is 3.28. The number of nitrogens with zero attached hydrogens (tertiary/aromatic N) is 1. The van der Waals surface area contributed by atoms with E-state index < -0.39 is 0 Å². The number of rotatable bonds is 3. The highest BCUT2D eigenvalue weighted by molar-refractivity contribution is 6.30. The van der Waals surface area contributed by atoms with Crippen molar-refractivity contribution in [3.8, 4) is 6.07 Å². The zero-order valence-corrected chi connectivity index (χ0v) is 9.72. The Kier molecular flexibility index (Phi) is 3.04. The fourth-order valence-electron chi connectivity index (χ4n) is 1.84. The van der Waals surface area contributed by atoms with Gasteiger partial charge in [-0.3, -0.25) is 0 Å². The molecule has 4 heteroatoms. The summed E-state index contributed by atoms with van der Waals surface area (Å²) in [7, 11) is 0. The largest absolute Gasteiger partial charge is 0.382 e. The van der Waals surface area contributed by atoms with Crippen LogP contribution in [0, 0.1) is 11.3 Å². The first-order valence-corrected chi connectivity index (χ1v) is 5.73. The molecule has 0 amide bonds. The number of anilines is 1. The second-order valence-electron chi connectivity index (χ2n) is 4.37. The molecule has 0 radical (unpaired) electrons. The lowest BCUT2D eigenvalue weighted by atomic mass is 9.78. The molecule has 3 nitrogen and oxygen atoms in total. The molecule has 1 aromatic rings. The van der Waals surface area contributed by atoms with E-state index in [1.54, 1.807) is 18.2 Å². The van der Waals surface area contributed by atoms with Gasteiger partial charge in [0.05, 0.1) is 11.3 Å². The van der Waals surface area contributed by atoms with Crippen LogP contribution in [0.1, 0.15) is 24.8 Å². The summed E-state index contributed by atoms with van der Waals surface area (Å²) in [5, 5.41) is 12.8. The molecule has 0 unspecified atom stereocenters. The maximum atomic E-state index is 8.95. The van der Waals surface area contributed by atoms with Crippen LogP contribution in [0.4, 0.5) is 5.69 Å². The van der Waals surface area contributed by atoms with Crippen molar-refractivity contribution in [2.24, 2.45) is 5.73 Å². The second-order valence-corrected chi connectivity index (χ2v) is 4.81. The number of halogens is 1. The molecule has 0 saturated heterocycles. The SMILES string of the molecule is N#Cc1ccc(Cl)cc1NCC1(N)CCC1. The van der Waals surface area contributed by atoms with Crippen molar-refractivity contribution < 1.29 is 0 Å². The molecule has 0 atom stereocenters. The molecule has 0 heterocycles. The summed E-state index contributed by atoms with van der Waals surface area (Å²) in [5.74, 6) is 0. The third kappa shape index (κ3) is 2.29. The van der Waals surface area contributed by atoms with E-state index in [0.717, 1.165) is 18.5 Å². The van der Waals surface area contributed by atoms with Gasteiger partial charge in [-0.05, 0) is 37.5 Å². The highest BCUT2D eigenvalue weighted by Gasteiger charge is 2.32. The number of nitrogens with two attached hydrogens (primary N) is 1. The summed E-state index contributed by atoms with van der Waals surface area (Å²) >= 11 is 5.89. The molecule has 84 valence electrons. The fourth-order valence-corrected chi connectivity index (χ4v) is 2.01. The van der Waals surface area contributed by atoms with Crippen molar-refractivity contribution in [1.29, 1.82) is 5.26 Å². The van der Waals surface area contributed by atoms with Crippen LogP contribution in [-0.4, -0.2) is 12.1 Å². The topological polar surface area (TPSA) is 61.8 Å². The molecule has 3 N–H and O–H groups in total. The van der Waals surface area contributed by atoms with Gasteiger partial charge in [-0.15, -0.1) is 0 Å². The van der Waals surface area contributed by atoms with E-state index in [-0.39, 0.29) is 5.54 Å². The van der Waals surface area contributed by atoms with Crippen LogP contribution in [0.5, 0.6) is 0 Å². The van der Waals surface area contributed by atoms with Gasteiger partial charge in [0.2, 0.25) is 0 Å². The van der Waals surface area contributed by atoms with Crippen molar-refractivity contribution in [3.63, 3.8) is 0 Å². The van der Waals surface area contributed by atoms with E-state index in [1.807, 2.05) is 0 Å². The minimum Gasteiger partial charge on any atom is -0.382 e. The number of nitrogens with one attached hydrogen (secondary N) is 1. The lowest BCUT2D eigenvalue weighted by Crippen LogP contribution is -2.52. The number of benzene rings is 1. The van der Waals surface area contributed by atoms with E-state index in [0.29, 0.717) is 17.1 Å². The normalized spacial score (nSPS) is 17.3. The summed E-state index contributed by atoms with van der Waals surface area (Å²) in [4.78, 5) is 0. The minimum absolute atomic E-state index is 0.102. The summed E-state index contributed by atoms with van der Waals surface area (Å²) in [6.45, 7) is 0.696. The van der Waals surface area contributed by atoms with Crippen LogP contribution in [0.3, 0.4) is 0 Å². The van der Waals surface area contributed by atoms with Gasteiger partial charge in [0.1, 0.15) is 6.07 Å². The quantitative estimate of drug-likeness (QED) is 0.846. The standard InChI is InChI=1S/C12H14ClN3/c13-10-3-2-9(7-14)11(6-10)16-8-12(15)4-1-5-12/h2-3,6,16H,1,4-5,8,15H2. The Bertz CT molecular complexity index is 432. The van der Waals surface area contributed by atoms with Gasteiger partial charge in [0.25, 0.3) is 0 Å². The van der Waals surface area contributed by atoms with Gasteiger partial charge >= 0.3 is 0 Å². The third-order valence-electron chi connectivity index (χ3n) is 3.08. The fraction of sp³-hybridized carbons (Fsp3) is 0.417. The predicted octanol–water partition coefficient (Wildman–Crippen LogP) is 2.50. The summed E-state index contributed by atoms with van der Waals surface area (Å²) in [5.41, 5.74) is 7.37. The first kappa shape index (κ1) is 11.3. The van der Waals surface area contributed by atoms with Gasteiger partial charge in [-0.2, -0.15) is 5.26 Å². The molecular weight excluding hydrogens is 222 g/mol. The lowest BCUT2D eigenvalue weighted by Gasteiger charge is -2.38. The number of hydrogen-bond donors (Lipinski definition) is 2. The van der Waals surface area contributed by atoms with Crippen molar-refractivity contribution in [1.82, 2.24) is 0 Å². The average molecular weight is 236 g/mol. The van der Waals surface area contributed by atoms with E-state index >= 15 is 0 Å². The van der Waals surface area contributed by atoms with Crippen LogP contribution in [0.25, 0.3) is 0 Å². The Hall–Kier alpha value is -1.24. The minimum atomic E-state index is -0.102. The van der Waals surface area contributed by atoms with Gasteiger partial charge in [-0.1, -0.05) is 11.6 Å². The van der Waals surface area contributed by atoms with Crippen molar-refractivity contribution in [2.45, 2.75) is 24.8 Å². The molecule has 1 aliphatic rings. The zero-order valence-electron chi connectivity index (χ0n) is 8.96. The molecule has 2 rings (SSSR count). The van der Waals surface area contributed by atoms with Gasteiger partial charge in [0, 0.05) is 17.1 Å². The second kappa shape index (κ2) is 4.32. The van der Waals surface area contributed by atoms with Crippen LogP contribution in [-0.2, 0) is 0 Å². The molecule has 1 aliphatic carbocycles. The Morgan fingerprint density at radius 2 is 2.25 bits per heavy atom. The van der Waals surface area contributed by atoms with Crippen molar-refractivity contribution in [2.75, 3.05) is 11.9 Å². The molecule has 1 aromatic carbocycles. The average Bonchev–Trinajstić information content (AvgIpc) is 2.24. The maximum absolute atomic E-state index is 8.95. The van der Waals surface area contributed by atoms with E-state index in [1.165, 1.54) is 6.42 Å². The molecule has 0 spiro atoms. The zero-order chi connectivity index (χ0) is 11.6. The van der Waals surface area contributed by atoms with Crippen molar-refractivity contribution >= 4 is 17.3 Å². The molecule has 1 fully saturated rings. The van der Waals surface area contributed by atoms with Crippen LogP contribution in [0.15, 0.2) is 18.2 Å². The lowest BCUT2D eigenvalue weighted by molar-refractivity contribution is 0.265. The number of nitriles is 1. The first-order valence-electron chi connectivity index (χ1n) is 5.35. The van der Waals surface area contributed by atoms with Gasteiger partial charge in [-0.25, -0.2) is 0 Å². The number of hydrogen-bond acceptors (Lipinski definition) is 3. The molecular formula is C12H14ClN3. The highest BCUT2D eigenvalue weighted by atomic mass is 35.5. The van der Waals surface area contributed by atoms with Crippen LogP contribution in [0.2, 0.25) is 5.02 Å². The Morgan fingerprint density at radius 3 is 2.81 bits per heavy atom. The van der Waals surface area contributed by atoms with E-state index in [9.17, 15) is 0 Å². The van der Waals surface area contributed by atoms with E-state index in [2.05, 4.69) is 11.4 Å². The van der Waals surface area contributed by atoms with Gasteiger partial charge < -0.3 is 11.1 Å². The van der Waals surface area contributed by atoms with Crippen LogP contribution >= 0.6 is 11.6 Å². The Morgan fingerprint density at radius 1 is 1.50 bits per heavy atom. The predicted molar refractivity (Wildman–Crippen MR) is 65.4 cm³/mol.